The van der Waals surface area contributed by atoms with Crippen LogP contribution in [0.3, 0.4) is 0 Å². The average Bonchev–Trinajstić information content (AvgIpc) is 2.30. The van der Waals surface area contributed by atoms with E-state index in [1.54, 1.807) is 11.8 Å². The molecule has 0 bridgehead atoms. The highest BCUT2D eigenvalue weighted by Gasteiger charge is 2.14. The van der Waals surface area contributed by atoms with Gasteiger partial charge < -0.3 is 16.2 Å². The number of benzene rings is 1. The molecule has 1 aromatic carbocycles. The first-order chi connectivity index (χ1) is 8.45. The minimum atomic E-state index is -1.32. The topological polar surface area (TPSA) is 75.3 Å². The third-order valence-electron chi connectivity index (χ3n) is 2.34. The standard InChI is InChI=1S/C12H17FN2O2S/c1-3-18-6-7(2)15-11-5-9(13)8(12(16)17)4-10(11)14/h4-5,7,15H,3,6,14H2,1-2H3,(H,16,17). The summed E-state index contributed by atoms with van der Waals surface area (Å²) in [6.07, 6.45) is 0. The van der Waals surface area contributed by atoms with Crippen molar-refractivity contribution in [3.05, 3.63) is 23.5 Å². The van der Waals surface area contributed by atoms with Gasteiger partial charge in [-0.3, -0.25) is 0 Å². The molecule has 0 aliphatic carbocycles. The zero-order valence-corrected chi connectivity index (χ0v) is 11.2. The van der Waals surface area contributed by atoms with E-state index in [0.717, 1.165) is 23.6 Å². The molecule has 1 rings (SSSR count). The molecule has 0 amide bonds. The van der Waals surface area contributed by atoms with Crippen LogP contribution < -0.4 is 11.1 Å². The Morgan fingerprint density at radius 1 is 1.61 bits per heavy atom. The summed E-state index contributed by atoms with van der Waals surface area (Å²) < 4.78 is 13.5. The molecule has 6 heteroatoms. The Hall–Kier alpha value is -1.43. The second kappa shape index (κ2) is 6.49. The van der Waals surface area contributed by atoms with Crippen molar-refractivity contribution < 1.29 is 14.3 Å². The largest absolute Gasteiger partial charge is 0.478 e. The van der Waals surface area contributed by atoms with Crippen LogP contribution >= 0.6 is 11.8 Å². The summed E-state index contributed by atoms with van der Waals surface area (Å²) in [5.74, 6) is -0.221. The molecule has 0 saturated heterocycles. The number of nitrogens with one attached hydrogen (secondary N) is 1. The Morgan fingerprint density at radius 3 is 2.83 bits per heavy atom. The summed E-state index contributed by atoms with van der Waals surface area (Å²) in [6.45, 7) is 4.03. The van der Waals surface area contributed by atoms with Crippen molar-refractivity contribution in [2.45, 2.75) is 19.9 Å². The van der Waals surface area contributed by atoms with Crippen LogP contribution in [0.4, 0.5) is 15.8 Å². The van der Waals surface area contributed by atoms with E-state index in [9.17, 15) is 9.18 Å². The predicted molar refractivity (Wildman–Crippen MR) is 73.9 cm³/mol. The fourth-order valence-corrected chi connectivity index (χ4v) is 2.15. The number of thioether (sulfide) groups is 1. The summed E-state index contributed by atoms with van der Waals surface area (Å²) in [6, 6.07) is 2.40. The van der Waals surface area contributed by atoms with E-state index in [0.29, 0.717) is 5.69 Å². The SMILES string of the molecule is CCSCC(C)Nc1cc(F)c(C(=O)O)cc1N. The Bertz CT molecular complexity index is 440. The third kappa shape index (κ3) is 3.80. The van der Waals surface area contributed by atoms with Gasteiger partial charge in [0.2, 0.25) is 0 Å². The van der Waals surface area contributed by atoms with Gasteiger partial charge in [0.15, 0.2) is 0 Å². The Kier molecular flexibility index (Phi) is 5.27. The lowest BCUT2D eigenvalue weighted by molar-refractivity contribution is 0.0692. The van der Waals surface area contributed by atoms with Gasteiger partial charge in [-0.25, -0.2) is 9.18 Å². The van der Waals surface area contributed by atoms with Gasteiger partial charge in [0.1, 0.15) is 5.82 Å². The molecule has 0 spiro atoms. The summed E-state index contributed by atoms with van der Waals surface area (Å²) in [5, 5.41) is 11.8. The number of anilines is 2. The highest BCUT2D eigenvalue weighted by atomic mass is 32.2. The molecule has 1 unspecified atom stereocenters. The fourth-order valence-electron chi connectivity index (χ4n) is 1.48. The monoisotopic (exact) mass is 272 g/mol. The minimum Gasteiger partial charge on any atom is -0.478 e. The van der Waals surface area contributed by atoms with Crippen LogP contribution in [0.1, 0.15) is 24.2 Å². The molecule has 1 atom stereocenters. The van der Waals surface area contributed by atoms with Crippen LogP contribution in [0.15, 0.2) is 12.1 Å². The maximum absolute atomic E-state index is 13.5. The lowest BCUT2D eigenvalue weighted by atomic mass is 10.1. The van der Waals surface area contributed by atoms with Crippen LogP contribution in [0, 0.1) is 5.82 Å². The maximum Gasteiger partial charge on any atom is 0.338 e. The number of nitrogen functional groups attached to an aromatic ring is 1. The zero-order valence-electron chi connectivity index (χ0n) is 10.4. The van der Waals surface area contributed by atoms with Gasteiger partial charge in [-0.15, -0.1) is 0 Å². The van der Waals surface area contributed by atoms with Crippen molar-refractivity contribution in [2.75, 3.05) is 22.6 Å². The summed E-state index contributed by atoms with van der Waals surface area (Å²) >= 11 is 1.76. The minimum absolute atomic E-state index is 0.132. The van der Waals surface area contributed by atoms with Crippen molar-refractivity contribution in [1.29, 1.82) is 0 Å². The number of carboxylic acid groups (broad SMARTS) is 1. The van der Waals surface area contributed by atoms with Crippen molar-refractivity contribution in [3.8, 4) is 0 Å². The number of carboxylic acids is 1. The Labute approximate surface area is 110 Å². The quantitative estimate of drug-likeness (QED) is 0.694. The molecule has 0 heterocycles. The van der Waals surface area contributed by atoms with Crippen LogP contribution in [0.25, 0.3) is 0 Å². The van der Waals surface area contributed by atoms with Crippen molar-refractivity contribution in [3.63, 3.8) is 0 Å². The lowest BCUT2D eigenvalue weighted by Crippen LogP contribution is -2.19. The molecule has 4 nitrogen and oxygen atoms in total. The molecule has 1 aromatic rings. The van der Waals surface area contributed by atoms with Crippen molar-refractivity contribution >= 4 is 29.1 Å². The van der Waals surface area contributed by atoms with Gasteiger partial charge in [-0.2, -0.15) is 11.8 Å². The summed E-state index contributed by atoms with van der Waals surface area (Å²) in [4.78, 5) is 10.7. The number of halogens is 1. The molecule has 0 aliphatic rings. The maximum atomic E-state index is 13.5. The summed E-state index contributed by atoms with van der Waals surface area (Å²) in [7, 11) is 0. The average molecular weight is 272 g/mol. The number of carbonyl (C=O) groups is 1. The molecule has 100 valence electrons. The lowest BCUT2D eigenvalue weighted by Gasteiger charge is -2.16. The van der Waals surface area contributed by atoms with Gasteiger partial charge in [-0.05, 0) is 24.8 Å². The summed E-state index contributed by atoms with van der Waals surface area (Å²) in [5.41, 5.74) is 5.97. The first-order valence-electron chi connectivity index (χ1n) is 5.62. The van der Waals surface area contributed by atoms with Crippen molar-refractivity contribution in [1.82, 2.24) is 0 Å². The van der Waals surface area contributed by atoms with E-state index in [2.05, 4.69) is 12.2 Å². The highest BCUT2D eigenvalue weighted by molar-refractivity contribution is 7.99. The van der Waals surface area contributed by atoms with Gasteiger partial charge in [-0.1, -0.05) is 6.92 Å². The Morgan fingerprint density at radius 2 is 2.28 bits per heavy atom. The number of hydrogen-bond acceptors (Lipinski definition) is 4. The number of hydrogen-bond donors (Lipinski definition) is 3. The van der Waals surface area contributed by atoms with Crippen molar-refractivity contribution in [2.24, 2.45) is 0 Å². The van der Waals surface area contributed by atoms with E-state index >= 15 is 0 Å². The zero-order chi connectivity index (χ0) is 13.7. The van der Waals surface area contributed by atoms with E-state index < -0.39 is 17.3 Å². The first kappa shape index (κ1) is 14.6. The van der Waals surface area contributed by atoms with E-state index in [1.807, 2.05) is 6.92 Å². The molecule has 4 N–H and O–H groups in total. The fraction of sp³-hybridized carbons (Fsp3) is 0.417. The molecule has 18 heavy (non-hydrogen) atoms. The van der Waals surface area contributed by atoms with Gasteiger partial charge in [0.05, 0.1) is 16.9 Å². The van der Waals surface area contributed by atoms with Crippen LogP contribution in [0.5, 0.6) is 0 Å². The highest BCUT2D eigenvalue weighted by Crippen LogP contribution is 2.24. The normalized spacial score (nSPS) is 12.2. The number of nitrogens with two attached hydrogens (primary N) is 1. The van der Waals surface area contributed by atoms with E-state index in [-0.39, 0.29) is 11.7 Å². The molecule has 0 aromatic heterocycles. The van der Waals surface area contributed by atoms with Gasteiger partial charge in [0.25, 0.3) is 0 Å². The smallest absolute Gasteiger partial charge is 0.338 e. The predicted octanol–water partition coefficient (Wildman–Crippen LogP) is 2.66. The van der Waals surface area contributed by atoms with E-state index in [1.165, 1.54) is 0 Å². The molecule has 0 radical (unpaired) electrons. The number of aromatic carboxylic acids is 1. The molecule has 0 saturated carbocycles. The van der Waals surface area contributed by atoms with Crippen LogP contribution in [0.2, 0.25) is 0 Å². The van der Waals surface area contributed by atoms with Crippen LogP contribution in [-0.2, 0) is 0 Å². The second-order valence-corrected chi connectivity index (χ2v) is 5.25. The molecular formula is C12H17FN2O2S. The first-order valence-corrected chi connectivity index (χ1v) is 6.77. The van der Waals surface area contributed by atoms with Crippen LogP contribution in [-0.4, -0.2) is 28.6 Å². The molecular weight excluding hydrogens is 255 g/mol. The third-order valence-corrected chi connectivity index (χ3v) is 3.49. The second-order valence-electron chi connectivity index (χ2n) is 3.93. The number of rotatable bonds is 6. The molecule has 0 aliphatic heterocycles. The van der Waals surface area contributed by atoms with E-state index in [4.69, 9.17) is 10.8 Å². The van der Waals surface area contributed by atoms with Gasteiger partial charge in [0, 0.05) is 11.8 Å². The van der Waals surface area contributed by atoms with Gasteiger partial charge >= 0.3 is 5.97 Å². The molecule has 0 fully saturated rings. The Balaban J connectivity index is 2.84.